The summed E-state index contributed by atoms with van der Waals surface area (Å²) >= 11 is 1.67. The average Bonchev–Trinajstić information content (AvgIpc) is 3.30. The van der Waals surface area contributed by atoms with Crippen molar-refractivity contribution in [1.29, 1.82) is 0 Å². The van der Waals surface area contributed by atoms with E-state index in [1.165, 1.54) is 5.56 Å². The number of hydrogen-bond acceptors (Lipinski definition) is 5. The number of carbonyl (C=O) groups is 1. The highest BCUT2D eigenvalue weighted by Crippen LogP contribution is 2.27. The molecule has 2 aliphatic rings. The lowest BCUT2D eigenvalue weighted by atomic mass is 9.90. The highest BCUT2D eigenvalue weighted by molar-refractivity contribution is 7.08. The van der Waals surface area contributed by atoms with Gasteiger partial charge in [0.1, 0.15) is 6.67 Å². The summed E-state index contributed by atoms with van der Waals surface area (Å²) in [5.74, 6) is 0.379. The molecule has 30 heavy (non-hydrogen) atoms. The summed E-state index contributed by atoms with van der Waals surface area (Å²) in [6.07, 6.45) is 5.75. The molecule has 4 rings (SSSR count). The number of carbonyl (C=O) groups excluding carboxylic acids is 1. The Morgan fingerprint density at radius 2 is 2.00 bits per heavy atom. The minimum atomic E-state index is -0.776. The summed E-state index contributed by atoms with van der Waals surface area (Å²) in [4.78, 5) is 21.3. The SMILES string of the molecule is C[C@H](CC(=O)N1CCC(O)(CN2C=CC(c3ccsc3)=NC2)CC1)c1ccccc1. The van der Waals surface area contributed by atoms with Crippen LogP contribution < -0.4 is 0 Å². The molecular weight excluding hydrogens is 394 g/mol. The van der Waals surface area contributed by atoms with Crippen molar-refractivity contribution in [1.82, 2.24) is 9.80 Å². The average molecular weight is 424 g/mol. The van der Waals surface area contributed by atoms with Gasteiger partial charge in [-0.3, -0.25) is 9.79 Å². The van der Waals surface area contributed by atoms with E-state index in [0.717, 1.165) is 11.3 Å². The second-order valence-corrected chi connectivity index (χ2v) is 9.16. The van der Waals surface area contributed by atoms with E-state index in [4.69, 9.17) is 0 Å². The van der Waals surface area contributed by atoms with Crippen molar-refractivity contribution in [3.63, 3.8) is 0 Å². The zero-order chi connectivity index (χ0) is 21.0. The maximum absolute atomic E-state index is 12.7. The van der Waals surface area contributed by atoms with Gasteiger partial charge in [0.25, 0.3) is 0 Å². The molecule has 1 N–H and O–H groups in total. The van der Waals surface area contributed by atoms with Gasteiger partial charge < -0.3 is 14.9 Å². The summed E-state index contributed by atoms with van der Waals surface area (Å²) in [6, 6.07) is 12.2. The van der Waals surface area contributed by atoms with Gasteiger partial charge in [-0.05, 0) is 41.8 Å². The number of thiophene rings is 1. The molecule has 1 fully saturated rings. The van der Waals surface area contributed by atoms with E-state index in [1.54, 1.807) is 11.3 Å². The number of amides is 1. The molecule has 1 atom stereocenters. The van der Waals surface area contributed by atoms with Gasteiger partial charge in [-0.25, -0.2) is 0 Å². The molecule has 0 aliphatic carbocycles. The highest BCUT2D eigenvalue weighted by Gasteiger charge is 2.35. The molecule has 1 amide bonds. The molecule has 3 heterocycles. The quantitative estimate of drug-likeness (QED) is 0.767. The predicted octanol–water partition coefficient (Wildman–Crippen LogP) is 3.87. The Hall–Kier alpha value is -2.44. The smallest absolute Gasteiger partial charge is 0.223 e. The fourth-order valence-corrected chi connectivity index (χ4v) is 4.79. The predicted molar refractivity (Wildman–Crippen MR) is 122 cm³/mol. The largest absolute Gasteiger partial charge is 0.388 e. The number of piperidine rings is 1. The zero-order valence-corrected chi connectivity index (χ0v) is 18.2. The Kier molecular flexibility index (Phi) is 6.35. The van der Waals surface area contributed by atoms with Crippen LogP contribution in [-0.2, 0) is 4.79 Å². The topological polar surface area (TPSA) is 56.1 Å². The van der Waals surface area contributed by atoms with E-state index in [-0.39, 0.29) is 11.8 Å². The third kappa shape index (κ3) is 4.99. The lowest BCUT2D eigenvalue weighted by Gasteiger charge is -2.41. The Morgan fingerprint density at radius 1 is 1.23 bits per heavy atom. The number of β-amino-alcohol motifs (C(OH)–C–C–N with tert-alkyl or cyclic N) is 1. The minimum Gasteiger partial charge on any atom is -0.388 e. The van der Waals surface area contributed by atoms with Crippen LogP contribution in [0.15, 0.2) is 64.4 Å². The molecular formula is C24H29N3O2S. The molecule has 0 unspecified atom stereocenters. The van der Waals surface area contributed by atoms with E-state index in [2.05, 4.69) is 45.8 Å². The second-order valence-electron chi connectivity index (χ2n) is 8.38. The van der Waals surface area contributed by atoms with Crippen molar-refractivity contribution >= 4 is 23.0 Å². The summed E-state index contributed by atoms with van der Waals surface area (Å²) in [6.45, 7) is 4.42. The minimum absolute atomic E-state index is 0.177. The van der Waals surface area contributed by atoms with Crippen LogP contribution in [0.4, 0.5) is 0 Å². The molecule has 1 aromatic heterocycles. The highest BCUT2D eigenvalue weighted by atomic mass is 32.1. The molecule has 2 aromatic rings. The number of aliphatic hydroxyl groups is 1. The van der Waals surface area contributed by atoms with Crippen LogP contribution >= 0.6 is 11.3 Å². The fraction of sp³-hybridized carbons (Fsp3) is 0.417. The molecule has 0 radical (unpaired) electrons. The zero-order valence-electron chi connectivity index (χ0n) is 17.4. The first kappa shape index (κ1) is 20.8. The maximum Gasteiger partial charge on any atom is 0.223 e. The molecule has 5 nitrogen and oxygen atoms in total. The molecule has 1 aromatic carbocycles. The normalized spacial score (nSPS) is 19.5. The molecule has 2 aliphatic heterocycles. The van der Waals surface area contributed by atoms with Gasteiger partial charge in [0.15, 0.2) is 0 Å². The Bertz CT molecular complexity index is 900. The van der Waals surface area contributed by atoms with Gasteiger partial charge in [-0.15, -0.1) is 0 Å². The number of allylic oxidation sites excluding steroid dienone is 1. The Morgan fingerprint density at radius 3 is 2.63 bits per heavy atom. The fourth-order valence-electron chi connectivity index (χ4n) is 4.14. The van der Waals surface area contributed by atoms with Crippen LogP contribution in [-0.4, -0.2) is 58.4 Å². The van der Waals surface area contributed by atoms with E-state index in [9.17, 15) is 9.90 Å². The number of hydrogen-bond donors (Lipinski definition) is 1. The number of rotatable bonds is 6. The molecule has 6 heteroatoms. The van der Waals surface area contributed by atoms with Crippen LogP contribution in [0.5, 0.6) is 0 Å². The third-order valence-electron chi connectivity index (χ3n) is 6.08. The van der Waals surface area contributed by atoms with Crippen molar-refractivity contribution in [2.45, 2.75) is 37.7 Å². The van der Waals surface area contributed by atoms with Crippen molar-refractivity contribution in [2.24, 2.45) is 4.99 Å². The Balaban J connectivity index is 1.25. The van der Waals surface area contributed by atoms with Gasteiger partial charge in [-0.1, -0.05) is 37.3 Å². The molecule has 1 saturated heterocycles. The summed E-state index contributed by atoms with van der Waals surface area (Å²) in [7, 11) is 0. The van der Waals surface area contributed by atoms with Gasteiger partial charge >= 0.3 is 0 Å². The summed E-state index contributed by atoms with van der Waals surface area (Å²) < 4.78 is 0. The first-order valence-electron chi connectivity index (χ1n) is 10.6. The van der Waals surface area contributed by atoms with Crippen molar-refractivity contribution in [2.75, 3.05) is 26.3 Å². The molecule has 0 spiro atoms. The second kappa shape index (κ2) is 9.14. The first-order valence-corrected chi connectivity index (χ1v) is 11.5. The van der Waals surface area contributed by atoms with E-state index in [0.29, 0.717) is 45.6 Å². The lowest BCUT2D eigenvalue weighted by Crippen LogP contribution is -2.51. The van der Waals surface area contributed by atoms with Crippen LogP contribution in [0.1, 0.15) is 43.2 Å². The summed E-state index contributed by atoms with van der Waals surface area (Å²) in [5.41, 5.74) is 2.55. The van der Waals surface area contributed by atoms with E-state index in [1.807, 2.05) is 35.4 Å². The molecule has 0 bridgehead atoms. The van der Waals surface area contributed by atoms with Crippen LogP contribution in [0, 0.1) is 0 Å². The number of aliphatic imine (C=N–C) groups is 1. The van der Waals surface area contributed by atoms with Crippen molar-refractivity contribution in [3.8, 4) is 0 Å². The van der Waals surface area contributed by atoms with Gasteiger partial charge in [-0.2, -0.15) is 11.3 Å². The van der Waals surface area contributed by atoms with Crippen LogP contribution in [0.2, 0.25) is 0 Å². The van der Waals surface area contributed by atoms with Crippen LogP contribution in [0.3, 0.4) is 0 Å². The third-order valence-corrected chi connectivity index (χ3v) is 6.76. The van der Waals surface area contributed by atoms with Crippen molar-refractivity contribution < 1.29 is 9.90 Å². The summed E-state index contributed by atoms with van der Waals surface area (Å²) in [5, 5.41) is 15.2. The number of nitrogens with zero attached hydrogens (tertiary/aromatic N) is 3. The van der Waals surface area contributed by atoms with E-state index >= 15 is 0 Å². The van der Waals surface area contributed by atoms with Crippen molar-refractivity contribution in [3.05, 3.63) is 70.6 Å². The maximum atomic E-state index is 12.7. The molecule has 0 saturated carbocycles. The van der Waals surface area contributed by atoms with E-state index < -0.39 is 5.60 Å². The standard InChI is InChI=1S/C24H29N3O2S/c1-19(20-5-3-2-4-6-20)15-23(28)27-12-9-24(29,10-13-27)17-26-11-7-22(25-18-26)21-8-14-30-16-21/h2-8,11,14,16,19,29H,9-10,12-13,15,17-18H2,1H3/t19-/m1/s1. The monoisotopic (exact) mass is 423 g/mol. The lowest BCUT2D eigenvalue weighted by molar-refractivity contribution is -0.136. The van der Waals surface area contributed by atoms with Gasteiger partial charge in [0.2, 0.25) is 5.91 Å². The number of likely N-dealkylation sites (tertiary alicyclic amines) is 1. The van der Waals surface area contributed by atoms with Gasteiger partial charge in [0, 0.05) is 43.2 Å². The first-order chi connectivity index (χ1) is 14.5. The number of benzene rings is 1. The van der Waals surface area contributed by atoms with Crippen LogP contribution in [0.25, 0.3) is 0 Å². The molecule has 158 valence electrons. The Labute approximate surface area is 182 Å². The van der Waals surface area contributed by atoms with Gasteiger partial charge in [0.05, 0.1) is 11.3 Å².